The second kappa shape index (κ2) is 7.11. The van der Waals surface area contributed by atoms with Gasteiger partial charge in [0.15, 0.2) is 0 Å². The zero-order valence-electron chi connectivity index (χ0n) is 10.6. The summed E-state index contributed by atoms with van der Waals surface area (Å²) in [6.07, 6.45) is -4.16. The molecule has 0 N–H and O–H groups in total. The summed E-state index contributed by atoms with van der Waals surface area (Å²) in [7, 11) is 0. The first kappa shape index (κ1) is 16.1. The van der Waals surface area contributed by atoms with Crippen LogP contribution in [0.4, 0.5) is 13.2 Å². The Labute approximate surface area is 133 Å². The van der Waals surface area contributed by atoms with Gasteiger partial charge in [-0.2, -0.15) is 13.2 Å². The minimum absolute atomic E-state index is 0.539. The van der Waals surface area contributed by atoms with E-state index in [1.807, 2.05) is 24.3 Å². The van der Waals surface area contributed by atoms with Gasteiger partial charge < -0.3 is 0 Å². The second-order valence-corrected chi connectivity index (χ2v) is 6.29. The molecule has 0 aliphatic rings. The summed E-state index contributed by atoms with van der Waals surface area (Å²) in [5.74, 6) is 0. The van der Waals surface area contributed by atoms with Crippen molar-refractivity contribution in [1.82, 2.24) is 0 Å². The largest absolute Gasteiger partial charge is 0.425 e. The van der Waals surface area contributed by atoms with Crippen molar-refractivity contribution in [3.05, 3.63) is 69.2 Å². The van der Waals surface area contributed by atoms with Crippen LogP contribution >= 0.6 is 34.3 Å². The average Bonchev–Trinajstić information content (AvgIpc) is 3.13. The van der Waals surface area contributed by atoms with Gasteiger partial charge in [0, 0.05) is 9.90 Å². The Balaban J connectivity index is 0.000000161. The van der Waals surface area contributed by atoms with E-state index in [2.05, 4.69) is 17.5 Å². The maximum atomic E-state index is 11.6. The van der Waals surface area contributed by atoms with E-state index in [0.717, 1.165) is 11.1 Å². The van der Waals surface area contributed by atoms with Gasteiger partial charge in [-0.25, -0.2) is 0 Å². The molecule has 0 spiro atoms. The Kier molecular flexibility index (Phi) is 5.45. The van der Waals surface area contributed by atoms with Crippen LogP contribution in [0.3, 0.4) is 0 Å². The topological polar surface area (TPSA) is 0 Å². The molecule has 0 aliphatic carbocycles. The molecule has 2 aromatic heterocycles. The van der Waals surface area contributed by atoms with Crippen LogP contribution in [0.25, 0.3) is 10.4 Å². The molecular weight excluding hydrogens is 337 g/mol. The Morgan fingerprint density at radius 2 is 1.43 bits per heavy atom. The highest BCUT2D eigenvalue weighted by molar-refractivity contribution is 7.13. The number of thiophene rings is 2. The quantitative estimate of drug-likeness (QED) is 0.452. The molecule has 0 fully saturated rings. The standard InChI is InChI=1S/C10H7ClS.C5H3F3S/c11-9-5-3-8(4-6-9)10-2-1-7-12-10;6-5(7,8)4-2-1-3-9-4/h1-7H;1-3H. The predicted molar refractivity (Wildman–Crippen MR) is 84.1 cm³/mol. The number of rotatable bonds is 1. The van der Waals surface area contributed by atoms with E-state index in [0.29, 0.717) is 11.3 Å². The van der Waals surface area contributed by atoms with Gasteiger partial charge >= 0.3 is 6.18 Å². The number of hydrogen-bond acceptors (Lipinski definition) is 2. The summed E-state index contributed by atoms with van der Waals surface area (Å²) in [5, 5.41) is 4.27. The Hall–Kier alpha value is -1.30. The number of hydrogen-bond donors (Lipinski definition) is 0. The highest BCUT2D eigenvalue weighted by Gasteiger charge is 2.31. The number of alkyl halides is 3. The monoisotopic (exact) mass is 346 g/mol. The SMILES string of the molecule is Clc1ccc(-c2cccs2)cc1.FC(F)(F)c1cccs1. The van der Waals surface area contributed by atoms with Crippen LogP contribution in [0.5, 0.6) is 0 Å². The third-order valence-electron chi connectivity index (χ3n) is 2.45. The minimum atomic E-state index is -4.16. The van der Waals surface area contributed by atoms with Gasteiger partial charge in [0.25, 0.3) is 0 Å². The van der Waals surface area contributed by atoms with Gasteiger partial charge in [0.05, 0.1) is 0 Å². The van der Waals surface area contributed by atoms with Gasteiger partial charge in [0.2, 0.25) is 0 Å². The maximum absolute atomic E-state index is 11.6. The molecule has 0 nitrogen and oxygen atoms in total. The van der Waals surface area contributed by atoms with Crippen molar-refractivity contribution in [3.8, 4) is 10.4 Å². The lowest BCUT2D eigenvalue weighted by molar-refractivity contribution is -0.134. The van der Waals surface area contributed by atoms with Gasteiger partial charge in [0.1, 0.15) is 4.88 Å². The van der Waals surface area contributed by atoms with Gasteiger partial charge in [-0.15, -0.1) is 22.7 Å². The normalized spacial score (nSPS) is 10.9. The molecule has 0 amide bonds. The smallest absolute Gasteiger partial charge is 0.165 e. The average molecular weight is 347 g/mol. The number of benzene rings is 1. The summed E-state index contributed by atoms with van der Waals surface area (Å²) in [5.41, 5.74) is 1.23. The fraction of sp³-hybridized carbons (Fsp3) is 0.0667. The first-order chi connectivity index (χ1) is 9.97. The molecule has 0 aliphatic heterocycles. The lowest BCUT2D eigenvalue weighted by Crippen LogP contribution is -2.00. The van der Waals surface area contributed by atoms with E-state index in [1.165, 1.54) is 21.9 Å². The van der Waals surface area contributed by atoms with Crippen LogP contribution in [0.2, 0.25) is 5.02 Å². The first-order valence-electron chi connectivity index (χ1n) is 5.87. The molecule has 3 rings (SSSR count). The molecule has 0 saturated heterocycles. The van der Waals surface area contributed by atoms with Crippen molar-refractivity contribution >= 4 is 34.3 Å². The Morgan fingerprint density at radius 3 is 1.86 bits per heavy atom. The molecule has 1 aromatic carbocycles. The van der Waals surface area contributed by atoms with Crippen molar-refractivity contribution in [2.75, 3.05) is 0 Å². The Morgan fingerprint density at radius 1 is 0.810 bits per heavy atom. The second-order valence-electron chi connectivity index (χ2n) is 3.96. The summed E-state index contributed by atoms with van der Waals surface area (Å²) in [6, 6.07) is 14.5. The van der Waals surface area contributed by atoms with Crippen LogP contribution in [-0.4, -0.2) is 0 Å². The van der Waals surface area contributed by atoms with Crippen molar-refractivity contribution in [2.45, 2.75) is 6.18 Å². The molecule has 2 heterocycles. The van der Waals surface area contributed by atoms with Gasteiger partial charge in [-0.05, 0) is 40.6 Å². The van der Waals surface area contributed by atoms with Crippen molar-refractivity contribution in [3.63, 3.8) is 0 Å². The molecular formula is C15H10ClF3S2. The van der Waals surface area contributed by atoms with Crippen molar-refractivity contribution in [1.29, 1.82) is 0 Å². The van der Waals surface area contributed by atoms with Crippen molar-refractivity contribution < 1.29 is 13.2 Å². The zero-order valence-corrected chi connectivity index (χ0v) is 13.0. The molecule has 110 valence electrons. The summed E-state index contributed by atoms with van der Waals surface area (Å²) >= 11 is 8.22. The summed E-state index contributed by atoms with van der Waals surface area (Å²) < 4.78 is 34.9. The molecule has 0 bridgehead atoms. The zero-order chi connectivity index (χ0) is 15.3. The first-order valence-corrected chi connectivity index (χ1v) is 8.00. The summed E-state index contributed by atoms with van der Waals surface area (Å²) in [4.78, 5) is 0.745. The fourth-order valence-electron chi connectivity index (χ4n) is 1.50. The summed E-state index contributed by atoms with van der Waals surface area (Å²) in [6.45, 7) is 0. The highest BCUT2D eigenvalue weighted by Crippen LogP contribution is 2.32. The van der Waals surface area contributed by atoms with Crippen LogP contribution in [-0.2, 0) is 6.18 Å². The molecule has 21 heavy (non-hydrogen) atoms. The third-order valence-corrected chi connectivity index (χ3v) is 4.54. The van der Waals surface area contributed by atoms with Gasteiger partial charge in [-0.1, -0.05) is 35.9 Å². The molecule has 3 aromatic rings. The Bertz CT molecular complexity index is 641. The van der Waals surface area contributed by atoms with E-state index in [4.69, 9.17) is 11.6 Å². The number of halogens is 4. The highest BCUT2D eigenvalue weighted by atomic mass is 35.5. The van der Waals surface area contributed by atoms with E-state index in [9.17, 15) is 13.2 Å². The van der Waals surface area contributed by atoms with Gasteiger partial charge in [-0.3, -0.25) is 0 Å². The third kappa shape index (κ3) is 4.88. The lowest BCUT2D eigenvalue weighted by Gasteiger charge is -1.99. The molecule has 0 radical (unpaired) electrons. The lowest BCUT2D eigenvalue weighted by atomic mass is 10.2. The molecule has 0 atom stereocenters. The van der Waals surface area contributed by atoms with Crippen LogP contribution in [0.15, 0.2) is 59.3 Å². The fourth-order valence-corrected chi connectivity index (χ4v) is 2.95. The predicted octanol–water partition coefficient (Wildman–Crippen LogP) is 6.84. The van der Waals surface area contributed by atoms with E-state index in [1.54, 1.807) is 11.3 Å². The molecule has 0 unspecified atom stereocenters. The maximum Gasteiger partial charge on any atom is 0.425 e. The van der Waals surface area contributed by atoms with Crippen LogP contribution in [0, 0.1) is 0 Å². The van der Waals surface area contributed by atoms with Crippen LogP contribution < -0.4 is 0 Å². The van der Waals surface area contributed by atoms with Crippen molar-refractivity contribution in [2.24, 2.45) is 0 Å². The van der Waals surface area contributed by atoms with Crippen LogP contribution in [0.1, 0.15) is 4.88 Å². The minimum Gasteiger partial charge on any atom is -0.165 e. The van der Waals surface area contributed by atoms with E-state index < -0.39 is 11.1 Å². The van der Waals surface area contributed by atoms with E-state index >= 15 is 0 Å². The molecule has 6 heteroatoms. The van der Waals surface area contributed by atoms with E-state index in [-0.39, 0.29) is 0 Å². The molecule has 0 saturated carbocycles.